The molecule has 0 spiro atoms. The molecule has 0 N–H and O–H groups in total. The van der Waals surface area contributed by atoms with Crippen LogP contribution in [0.4, 0.5) is 0 Å². The SMILES string of the molecule is C/C=C/C(C(=O)OC)P(=O)(OCC)OCC. The molecule has 0 aromatic heterocycles. The van der Waals surface area contributed by atoms with Crippen LogP contribution in [0.1, 0.15) is 20.8 Å². The lowest BCUT2D eigenvalue weighted by molar-refractivity contribution is -0.139. The van der Waals surface area contributed by atoms with Crippen molar-refractivity contribution in [3.63, 3.8) is 0 Å². The highest BCUT2D eigenvalue weighted by Gasteiger charge is 2.39. The number of hydrogen-bond acceptors (Lipinski definition) is 5. The van der Waals surface area contributed by atoms with Gasteiger partial charge in [-0.3, -0.25) is 9.36 Å². The van der Waals surface area contributed by atoms with Crippen LogP contribution >= 0.6 is 7.60 Å². The fourth-order valence-corrected chi connectivity index (χ4v) is 3.04. The molecule has 0 heterocycles. The Labute approximate surface area is 96.3 Å². The van der Waals surface area contributed by atoms with Gasteiger partial charge in [0.1, 0.15) is 0 Å². The summed E-state index contributed by atoms with van der Waals surface area (Å²) in [5.74, 6) is -0.622. The van der Waals surface area contributed by atoms with Crippen molar-refractivity contribution in [2.45, 2.75) is 26.4 Å². The summed E-state index contributed by atoms with van der Waals surface area (Å²) in [4.78, 5) is 11.5. The van der Waals surface area contributed by atoms with Crippen molar-refractivity contribution in [3.8, 4) is 0 Å². The highest BCUT2D eigenvalue weighted by Crippen LogP contribution is 2.53. The zero-order valence-corrected chi connectivity index (χ0v) is 11.0. The van der Waals surface area contributed by atoms with E-state index in [0.29, 0.717) is 0 Å². The molecular formula is C10H19O5P. The summed E-state index contributed by atoms with van der Waals surface area (Å²) >= 11 is 0. The van der Waals surface area contributed by atoms with E-state index in [-0.39, 0.29) is 13.2 Å². The summed E-state index contributed by atoms with van der Waals surface area (Å²) in [7, 11) is -2.24. The average molecular weight is 250 g/mol. The van der Waals surface area contributed by atoms with E-state index in [1.807, 2.05) is 0 Å². The molecule has 0 fully saturated rings. The molecule has 94 valence electrons. The van der Waals surface area contributed by atoms with Crippen LogP contribution in [0.15, 0.2) is 12.2 Å². The predicted molar refractivity (Wildman–Crippen MR) is 61.5 cm³/mol. The molecule has 1 atom stereocenters. The van der Waals surface area contributed by atoms with Crippen LogP contribution in [-0.4, -0.2) is 32.0 Å². The standard InChI is InChI=1S/C10H19O5P/c1-5-8-9(10(11)13-4)16(12,14-6-2)15-7-3/h5,8-9H,6-7H2,1-4H3/b8-5+. The molecule has 5 nitrogen and oxygen atoms in total. The Bertz CT molecular complexity index is 277. The highest BCUT2D eigenvalue weighted by molar-refractivity contribution is 7.56. The maximum absolute atomic E-state index is 12.3. The first-order valence-electron chi connectivity index (χ1n) is 5.15. The lowest BCUT2D eigenvalue weighted by atomic mass is 10.4. The average Bonchev–Trinajstić information content (AvgIpc) is 2.25. The molecular weight excluding hydrogens is 231 g/mol. The number of methoxy groups -OCH3 is 1. The van der Waals surface area contributed by atoms with Gasteiger partial charge in [-0.05, 0) is 20.8 Å². The second-order valence-corrected chi connectivity index (χ2v) is 5.02. The van der Waals surface area contributed by atoms with Gasteiger partial charge in [0.15, 0.2) is 5.66 Å². The zero-order valence-electron chi connectivity index (χ0n) is 10.1. The normalized spacial score (nSPS) is 14.0. The van der Waals surface area contributed by atoms with Gasteiger partial charge in [0.05, 0.1) is 20.3 Å². The molecule has 16 heavy (non-hydrogen) atoms. The third kappa shape index (κ3) is 4.08. The Hall–Kier alpha value is -0.640. The van der Waals surface area contributed by atoms with Gasteiger partial charge in [-0.1, -0.05) is 12.2 Å². The molecule has 0 amide bonds. The third-order valence-electron chi connectivity index (χ3n) is 1.78. The van der Waals surface area contributed by atoms with Gasteiger partial charge in [0.25, 0.3) is 0 Å². The summed E-state index contributed by atoms with van der Waals surface area (Å²) in [6.07, 6.45) is 3.09. The van der Waals surface area contributed by atoms with Crippen molar-refractivity contribution in [2.75, 3.05) is 20.3 Å². The molecule has 0 aliphatic carbocycles. The Morgan fingerprint density at radius 3 is 2.12 bits per heavy atom. The van der Waals surface area contributed by atoms with Crippen molar-refractivity contribution < 1.29 is 23.1 Å². The van der Waals surface area contributed by atoms with Crippen LogP contribution in [-0.2, 0) is 23.1 Å². The van der Waals surface area contributed by atoms with E-state index in [1.165, 1.54) is 13.2 Å². The van der Waals surface area contributed by atoms with Crippen LogP contribution in [0.25, 0.3) is 0 Å². The van der Waals surface area contributed by atoms with Gasteiger partial charge in [-0.25, -0.2) is 0 Å². The van der Waals surface area contributed by atoms with Gasteiger partial charge >= 0.3 is 13.6 Å². The maximum Gasteiger partial charge on any atom is 0.348 e. The van der Waals surface area contributed by atoms with Gasteiger partial charge in [0, 0.05) is 0 Å². The summed E-state index contributed by atoms with van der Waals surface area (Å²) in [5, 5.41) is 0. The molecule has 0 aromatic rings. The summed E-state index contributed by atoms with van der Waals surface area (Å²) in [6, 6.07) is 0. The second kappa shape index (κ2) is 7.60. The van der Waals surface area contributed by atoms with Crippen LogP contribution in [0, 0.1) is 0 Å². The maximum atomic E-state index is 12.3. The third-order valence-corrected chi connectivity index (χ3v) is 4.08. The molecule has 1 unspecified atom stereocenters. The van der Waals surface area contributed by atoms with Crippen LogP contribution in [0.2, 0.25) is 0 Å². The minimum absolute atomic E-state index is 0.211. The first-order valence-corrected chi connectivity index (χ1v) is 6.76. The van der Waals surface area contributed by atoms with Gasteiger partial charge < -0.3 is 13.8 Å². The summed E-state index contributed by atoms with van der Waals surface area (Å²) in [6.45, 7) is 5.52. The summed E-state index contributed by atoms with van der Waals surface area (Å²) in [5.41, 5.74) is -0.998. The molecule has 0 aliphatic rings. The molecule has 0 aliphatic heterocycles. The number of rotatable bonds is 7. The number of carbonyl (C=O) groups is 1. The highest BCUT2D eigenvalue weighted by atomic mass is 31.2. The van der Waals surface area contributed by atoms with E-state index in [4.69, 9.17) is 9.05 Å². The van der Waals surface area contributed by atoms with E-state index < -0.39 is 19.2 Å². The van der Waals surface area contributed by atoms with Crippen LogP contribution in [0.5, 0.6) is 0 Å². The molecule has 6 heteroatoms. The molecule has 0 bridgehead atoms. The van der Waals surface area contributed by atoms with E-state index >= 15 is 0 Å². The van der Waals surface area contributed by atoms with Crippen molar-refractivity contribution in [1.82, 2.24) is 0 Å². The van der Waals surface area contributed by atoms with Gasteiger partial charge in [-0.15, -0.1) is 0 Å². The van der Waals surface area contributed by atoms with Crippen molar-refractivity contribution >= 4 is 13.6 Å². The molecule has 0 aromatic carbocycles. The Balaban J connectivity index is 5.08. The Morgan fingerprint density at radius 1 is 1.31 bits per heavy atom. The lowest BCUT2D eigenvalue weighted by Crippen LogP contribution is -2.23. The number of carbonyl (C=O) groups excluding carboxylic acids is 1. The van der Waals surface area contributed by atoms with Crippen LogP contribution in [0.3, 0.4) is 0 Å². The van der Waals surface area contributed by atoms with Crippen LogP contribution < -0.4 is 0 Å². The first-order chi connectivity index (χ1) is 7.55. The smallest absolute Gasteiger partial charge is 0.348 e. The largest absolute Gasteiger partial charge is 0.468 e. The van der Waals surface area contributed by atoms with Crippen molar-refractivity contribution in [3.05, 3.63) is 12.2 Å². The topological polar surface area (TPSA) is 61.8 Å². The van der Waals surface area contributed by atoms with E-state index in [9.17, 15) is 9.36 Å². The fourth-order valence-electron chi connectivity index (χ4n) is 1.17. The number of ether oxygens (including phenoxy) is 1. The molecule has 0 saturated heterocycles. The second-order valence-electron chi connectivity index (χ2n) is 2.87. The number of hydrogen-bond donors (Lipinski definition) is 0. The number of allylic oxidation sites excluding steroid dienone is 1. The van der Waals surface area contributed by atoms with E-state index in [0.717, 1.165) is 0 Å². The van der Waals surface area contributed by atoms with Gasteiger partial charge in [0.2, 0.25) is 0 Å². The summed E-state index contributed by atoms with van der Waals surface area (Å²) < 4.78 is 27.1. The Morgan fingerprint density at radius 2 is 1.81 bits per heavy atom. The molecule has 0 rings (SSSR count). The van der Waals surface area contributed by atoms with E-state index in [1.54, 1.807) is 26.8 Å². The number of esters is 1. The zero-order chi connectivity index (χ0) is 12.6. The lowest BCUT2D eigenvalue weighted by Gasteiger charge is -2.22. The van der Waals surface area contributed by atoms with Gasteiger partial charge in [-0.2, -0.15) is 0 Å². The minimum Gasteiger partial charge on any atom is -0.468 e. The Kier molecular flexibility index (Phi) is 7.30. The molecule has 0 saturated carbocycles. The molecule has 0 radical (unpaired) electrons. The minimum atomic E-state index is -3.48. The quantitative estimate of drug-likeness (QED) is 0.394. The fraction of sp³-hybridized carbons (Fsp3) is 0.700. The van der Waals surface area contributed by atoms with Crippen molar-refractivity contribution in [1.29, 1.82) is 0 Å². The first kappa shape index (κ1) is 15.4. The van der Waals surface area contributed by atoms with Crippen molar-refractivity contribution in [2.24, 2.45) is 0 Å². The van der Waals surface area contributed by atoms with E-state index in [2.05, 4.69) is 4.74 Å². The monoisotopic (exact) mass is 250 g/mol. The predicted octanol–water partition coefficient (Wildman–Crippen LogP) is 2.37.